The van der Waals surface area contributed by atoms with E-state index in [-0.39, 0.29) is 12.0 Å². The minimum absolute atomic E-state index is 0.0950. The summed E-state index contributed by atoms with van der Waals surface area (Å²) >= 11 is 0. The first-order valence-electron chi connectivity index (χ1n) is 7.80. The van der Waals surface area contributed by atoms with Gasteiger partial charge in [-0.1, -0.05) is 25.1 Å². The standard InChI is InChI=1S/C17H25NO3/c1-10-15(19)11(2)21-16(10)17(3,20)14-6-4-5-12-7-8-18-9-13(12)14/h4-6,10-11,15-16,18-20H,7-9H2,1-3H3/t10-,11+,15-,16+,17?/m1/s1. The molecule has 21 heavy (non-hydrogen) atoms. The van der Waals surface area contributed by atoms with Crippen LogP contribution in [0.15, 0.2) is 18.2 Å². The van der Waals surface area contributed by atoms with Crippen molar-refractivity contribution in [1.82, 2.24) is 5.32 Å². The summed E-state index contributed by atoms with van der Waals surface area (Å²) in [4.78, 5) is 0. The van der Waals surface area contributed by atoms with Gasteiger partial charge in [0.05, 0.1) is 18.3 Å². The molecule has 3 N–H and O–H groups in total. The Labute approximate surface area is 126 Å². The second-order valence-electron chi connectivity index (χ2n) is 6.63. The molecule has 4 heteroatoms. The summed E-state index contributed by atoms with van der Waals surface area (Å²) in [6.07, 6.45) is -0.177. The molecule has 1 aromatic rings. The lowest BCUT2D eigenvalue weighted by Crippen LogP contribution is -2.42. The zero-order valence-corrected chi connectivity index (χ0v) is 13.0. The van der Waals surface area contributed by atoms with Crippen molar-refractivity contribution in [3.05, 3.63) is 34.9 Å². The van der Waals surface area contributed by atoms with Crippen LogP contribution < -0.4 is 5.32 Å². The van der Waals surface area contributed by atoms with Gasteiger partial charge in [0.25, 0.3) is 0 Å². The minimum atomic E-state index is -1.10. The maximum absolute atomic E-state index is 11.2. The molecule has 1 unspecified atom stereocenters. The SMILES string of the molecule is C[C@@H]1[C@@H](O)[C@H](C)O[C@@H]1C(C)(O)c1cccc2c1CNCC2. The molecule has 0 radical (unpaired) electrons. The number of hydrogen-bond acceptors (Lipinski definition) is 4. The van der Waals surface area contributed by atoms with Gasteiger partial charge >= 0.3 is 0 Å². The highest BCUT2D eigenvalue weighted by Crippen LogP contribution is 2.40. The smallest absolute Gasteiger partial charge is 0.114 e. The van der Waals surface area contributed by atoms with E-state index in [2.05, 4.69) is 11.4 Å². The molecular weight excluding hydrogens is 266 g/mol. The number of benzene rings is 1. The first kappa shape index (κ1) is 15.0. The van der Waals surface area contributed by atoms with E-state index in [1.165, 1.54) is 11.1 Å². The summed E-state index contributed by atoms with van der Waals surface area (Å²) in [5.74, 6) is -0.0950. The van der Waals surface area contributed by atoms with Gasteiger partial charge in [0, 0.05) is 12.5 Å². The van der Waals surface area contributed by atoms with Crippen LogP contribution >= 0.6 is 0 Å². The molecule has 2 heterocycles. The van der Waals surface area contributed by atoms with Gasteiger partial charge in [-0.05, 0) is 43.5 Å². The molecule has 116 valence electrons. The highest BCUT2D eigenvalue weighted by molar-refractivity contribution is 5.41. The molecule has 3 rings (SSSR count). The maximum atomic E-state index is 11.2. The third kappa shape index (κ3) is 2.40. The molecular formula is C17H25NO3. The monoisotopic (exact) mass is 291 g/mol. The van der Waals surface area contributed by atoms with Crippen LogP contribution in [0.3, 0.4) is 0 Å². The normalized spacial score (nSPS) is 35.3. The maximum Gasteiger partial charge on any atom is 0.114 e. The van der Waals surface area contributed by atoms with Crippen molar-refractivity contribution in [3.63, 3.8) is 0 Å². The van der Waals surface area contributed by atoms with E-state index in [1.807, 2.05) is 32.9 Å². The summed E-state index contributed by atoms with van der Waals surface area (Å²) in [5, 5.41) is 24.7. The molecule has 0 spiro atoms. The first-order chi connectivity index (χ1) is 9.93. The van der Waals surface area contributed by atoms with E-state index < -0.39 is 17.8 Å². The van der Waals surface area contributed by atoms with Gasteiger partial charge in [-0.15, -0.1) is 0 Å². The van der Waals surface area contributed by atoms with E-state index in [0.717, 1.165) is 25.1 Å². The van der Waals surface area contributed by atoms with Crippen LogP contribution in [0.4, 0.5) is 0 Å². The summed E-state index contributed by atoms with van der Waals surface area (Å²) < 4.78 is 5.88. The van der Waals surface area contributed by atoms with Gasteiger partial charge < -0.3 is 20.3 Å². The Kier molecular flexibility index (Phi) is 3.82. The number of rotatable bonds is 2. The summed E-state index contributed by atoms with van der Waals surface area (Å²) in [7, 11) is 0. The molecule has 1 fully saturated rings. The van der Waals surface area contributed by atoms with Crippen molar-refractivity contribution in [2.45, 2.75) is 57.6 Å². The Morgan fingerprint density at radius 1 is 1.33 bits per heavy atom. The van der Waals surface area contributed by atoms with Gasteiger partial charge in [-0.3, -0.25) is 0 Å². The van der Waals surface area contributed by atoms with Crippen LogP contribution in [-0.2, 0) is 23.3 Å². The molecule has 0 saturated carbocycles. The van der Waals surface area contributed by atoms with E-state index in [9.17, 15) is 10.2 Å². The van der Waals surface area contributed by atoms with Crippen LogP contribution in [0.5, 0.6) is 0 Å². The first-order valence-corrected chi connectivity index (χ1v) is 7.80. The van der Waals surface area contributed by atoms with Crippen molar-refractivity contribution < 1.29 is 14.9 Å². The Bertz CT molecular complexity index is 529. The lowest BCUT2D eigenvalue weighted by Gasteiger charge is -2.36. The molecule has 0 bridgehead atoms. The molecule has 2 aliphatic rings. The molecule has 1 aromatic carbocycles. The quantitative estimate of drug-likeness (QED) is 0.769. The zero-order valence-electron chi connectivity index (χ0n) is 13.0. The summed E-state index contributed by atoms with van der Waals surface area (Å²) in [6, 6.07) is 6.12. The number of aliphatic hydroxyl groups excluding tert-OH is 1. The van der Waals surface area contributed by atoms with Crippen LogP contribution in [-0.4, -0.2) is 35.1 Å². The fourth-order valence-corrected chi connectivity index (χ4v) is 3.83. The van der Waals surface area contributed by atoms with Gasteiger partial charge in [-0.25, -0.2) is 0 Å². The molecule has 0 aliphatic carbocycles. The molecule has 0 aromatic heterocycles. The fraction of sp³-hybridized carbons (Fsp3) is 0.647. The van der Waals surface area contributed by atoms with Crippen molar-refractivity contribution in [2.75, 3.05) is 6.54 Å². The summed E-state index contributed by atoms with van der Waals surface area (Å²) in [6.45, 7) is 7.37. The Balaban J connectivity index is 1.99. The van der Waals surface area contributed by atoms with Crippen molar-refractivity contribution in [1.29, 1.82) is 0 Å². The lowest BCUT2D eigenvalue weighted by molar-refractivity contribution is -0.106. The van der Waals surface area contributed by atoms with Crippen molar-refractivity contribution >= 4 is 0 Å². The Morgan fingerprint density at radius 2 is 2.10 bits per heavy atom. The predicted octanol–water partition coefficient (Wildman–Crippen LogP) is 1.32. The molecule has 5 atom stereocenters. The third-order valence-corrected chi connectivity index (χ3v) is 5.10. The summed E-state index contributed by atoms with van der Waals surface area (Å²) in [5.41, 5.74) is 2.30. The predicted molar refractivity (Wildman–Crippen MR) is 80.9 cm³/mol. The van der Waals surface area contributed by atoms with E-state index in [4.69, 9.17) is 4.74 Å². The average Bonchev–Trinajstić information content (AvgIpc) is 2.75. The van der Waals surface area contributed by atoms with Crippen molar-refractivity contribution in [2.24, 2.45) is 5.92 Å². The molecule has 1 saturated heterocycles. The Morgan fingerprint density at radius 3 is 2.76 bits per heavy atom. The third-order valence-electron chi connectivity index (χ3n) is 5.10. The fourth-order valence-electron chi connectivity index (χ4n) is 3.83. The number of ether oxygens (including phenoxy) is 1. The topological polar surface area (TPSA) is 61.7 Å². The van der Waals surface area contributed by atoms with Crippen LogP contribution in [0.1, 0.15) is 37.5 Å². The molecule has 0 amide bonds. The highest BCUT2D eigenvalue weighted by Gasteiger charge is 2.49. The number of fused-ring (bicyclic) bond motifs is 1. The second kappa shape index (κ2) is 5.36. The van der Waals surface area contributed by atoms with Gasteiger partial charge in [0.15, 0.2) is 0 Å². The van der Waals surface area contributed by atoms with Crippen LogP contribution in [0, 0.1) is 5.92 Å². The highest BCUT2D eigenvalue weighted by atomic mass is 16.5. The number of aliphatic hydroxyl groups is 2. The van der Waals surface area contributed by atoms with E-state index in [0.29, 0.717) is 0 Å². The number of nitrogens with one attached hydrogen (secondary N) is 1. The van der Waals surface area contributed by atoms with Gasteiger partial charge in [-0.2, -0.15) is 0 Å². The zero-order chi connectivity index (χ0) is 15.2. The van der Waals surface area contributed by atoms with Crippen LogP contribution in [0.2, 0.25) is 0 Å². The lowest BCUT2D eigenvalue weighted by atomic mass is 9.79. The van der Waals surface area contributed by atoms with Gasteiger partial charge in [0.1, 0.15) is 5.60 Å². The molecule has 4 nitrogen and oxygen atoms in total. The van der Waals surface area contributed by atoms with E-state index in [1.54, 1.807) is 0 Å². The molecule has 2 aliphatic heterocycles. The van der Waals surface area contributed by atoms with Crippen LogP contribution in [0.25, 0.3) is 0 Å². The van der Waals surface area contributed by atoms with Gasteiger partial charge in [0.2, 0.25) is 0 Å². The number of hydrogen-bond donors (Lipinski definition) is 3. The second-order valence-corrected chi connectivity index (χ2v) is 6.63. The van der Waals surface area contributed by atoms with E-state index >= 15 is 0 Å². The average molecular weight is 291 g/mol. The largest absolute Gasteiger partial charge is 0.390 e. The Hall–Kier alpha value is -0.940. The minimum Gasteiger partial charge on any atom is -0.390 e. The van der Waals surface area contributed by atoms with Crippen molar-refractivity contribution in [3.8, 4) is 0 Å².